The van der Waals surface area contributed by atoms with Crippen molar-refractivity contribution in [3.8, 4) is 0 Å². The zero-order chi connectivity index (χ0) is 22.2. The third-order valence-electron chi connectivity index (χ3n) is 5.66. The highest BCUT2D eigenvalue weighted by Gasteiger charge is 2.31. The van der Waals surface area contributed by atoms with Crippen LogP contribution < -0.4 is 4.90 Å². The minimum atomic E-state index is -4.40. The van der Waals surface area contributed by atoms with Gasteiger partial charge in [0.05, 0.1) is 17.7 Å². The number of rotatable bonds is 4. The predicted molar refractivity (Wildman–Crippen MR) is 115 cm³/mol. The number of anilines is 1. The van der Waals surface area contributed by atoms with Crippen LogP contribution in [0.1, 0.15) is 32.2 Å². The fourth-order valence-corrected chi connectivity index (χ4v) is 4.56. The Hall–Kier alpha value is -2.81. The van der Waals surface area contributed by atoms with Crippen LogP contribution in [-0.2, 0) is 12.7 Å². The summed E-state index contributed by atoms with van der Waals surface area (Å²) in [7, 11) is 0. The number of nitrogens with zero attached hydrogens (tertiary/aromatic N) is 4. The molecule has 0 aromatic carbocycles. The van der Waals surface area contributed by atoms with E-state index in [2.05, 4.69) is 15.6 Å². The maximum atomic E-state index is 13.1. The summed E-state index contributed by atoms with van der Waals surface area (Å²) in [5.41, 5.74) is 1.93. The minimum absolute atomic E-state index is 0.00874. The van der Waals surface area contributed by atoms with Crippen LogP contribution in [0, 0.1) is 13.8 Å². The molecule has 3 aromatic rings. The van der Waals surface area contributed by atoms with E-state index in [1.165, 1.54) is 10.9 Å². The van der Waals surface area contributed by atoms with E-state index < -0.39 is 11.7 Å². The van der Waals surface area contributed by atoms with Gasteiger partial charge in [-0.1, -0.05) is 6.07 Å². The molecule has 4 rings (SSSR count). The van der Waals surface area contributed by atoms with Crippen LogP contribution in [-0.4, -0.2) is 46.5 Å². The largest absolute Gasteiger partial charge is 0.417 e. The Morgan fingerprint density at radius 3 is 2.45 bits per heavy atom. The van der Waals surface area contributed by atoms with E-state index >= 15 is 0 Å². The molecule has 0 atom stereocenters. The Bertz CT molecular complexity index is 1050. The number of halogens is 3. The van der Waals surface area contributed by atoms with E-state index in [-0.39, 0.29) is 5.91 Å². The molecule has 0 unspecified atom stereocenters. The van der Waals surface area contributed by atoms with Crippen LogP contribution in [0.25, 0.3) is 0 Å². The molecule has 3 aromatic heterocycles. The highest BCUT2D eigenvalue weighted by Crippen LogP contribution is 2.29. The second-order valence-electron chi connectivity index (χ2n) is 7.63. The lowest BCUT2D eigenvalue weighted by Gasteiger charge is -2.35. The number of carbonyl (C=O) groups excluding carboxylic acids is 1. The van der Waals surface area contributed by atoms with E-state index in [9.17, 15) is 18.0 Å². The van der Waals surface area contributed by atoms with Crippen molar-refractivity contribution in [3.63, 3.8) is 0 Å². The van der Waals surface area contributed by atoms with Gasteiger partial charge in [0.2, 0.25) is 0 Å². The minimum Gasteiger partial charge on any atom is -0.353 e. The summed E-state index contributed by atoms with van der Waals surface area (Å²) in [5, 5.41) is 2.04. The normalized spacial score (nSPS) is 14.9. The van der Waals surface area contributed by atoms with Gasteiger partial charge in [0.25, 0.3) is 5.91 Å². The molecule has 0 N–H and O–H groups in total. The molecule has 5 nitrogen and oxygen atoms in total. The molecule has 31 heavy (non-hydrogen) atoms. The highest BCUT2D eigenvalue weighted by atomic mass is 32.1. The lowest BCUT2D eigenvalue weighted by Crippen LogP contribution is -2.49. The topological polar surface area (TPSA) is 41.4 Å². The van der Waals surface area contributed by atoms with Crippen LogP contribution in [0.4, 0.5) is 19.0 Å². The van der Waals surface area contributed by atoms with Gasteiger partial charge in [-0.3, -0.25) is 4.79 Å². The van der Waals surface area contributed by atoms with Gasteiger partial charge < -0.3 is 14.4 Å². The van der Waals surface area contributed by atoms with Crippen molar-refractivity contribution >= 4 is 23.1 Å². The van der Waals surface area contributed by atoms with Crippen LogP contribution in [0.3, 0.4) is 0 Å². The standard InChI is InChI=1S/C22H23F3N4OS/c1-15-12-19(16(2)29(15)14-18-4-3-11-31-18)21(30)28-9-7-27(8-10-28)20-6-5-17(13-26-20)22(23,24)25/h3-6,11-13H,7-10,14H2,1-2H3. The van der Waals surface area contributed by atoms with Gasteiger partial charge in [0.1, 0.15) is 5.82 Å². The predicted octanol–water partition coefficient (Wildman–Crippen LogP) is 4.59. The Morgan fingerprint density at radius 2 is 1.87 bits per heavy atom. The number of pyridine rings is 1. The second-order valence-corrected chi connectivity index (χ2v) is 8.66. The molecular weight excluding hydrogens is 425 g/mol. The Labute approximate surface area is 182 Å². The first kappa shape index (κ1) is 21.4. The van der Waals surface area contributed by atoms with Crippen molar-refractivity contribution in [1.82, 2.24) is 14.5 Å². The number of aryl methyl sites for hydroxylation is 1. The molecule has 0 aliphatic carbocycles. The summed E-state index contributed by atoms with van der Waals surface area (Å²) in [5.74, 6) is 0.486. The van der Waals surface area contributed by atoms with Gasteiger partial charge in [-0.25, -0.2) is 4.98 Å². The molecule has 1 aliphatic rings. The summed E-state index contributed by atoms with van der Waals surface area (Å²) in [6.45, 7) is 6.76. The summed E-state index contributed by atoms with van der Waals surface area (Å²) >= 11 is 1.69. The van der Waals surface area contributed by atoms with Gasteiger partial charge in [-0.05, 0) is 43.5 Å². The average molecular weight is 449 g/mol. The molecule has 1 saturated heterocycles. The molecule has 0 bridgehead atoms. The molecular formula is C22H23F3N4OS. The van der Waals surface area contributed by atoms with Gasteiger partial charge in [-0.15, -0.1) is 11.3 Å². The van der Waals surface area contributed by atoms with Crippen molar-refractivity contribution in [3.05, 3.63) is 69.3 Å². The number of alkyl halides is 3. The Balaban J connectivity index is 1.42. The van der Waals surface area contributed by atoms with Crippen molar-refractivity contribution < 1.29 is 18.0 Å². The third-order valence-corrected chi connectivity index (χ3v) is 6.53. The zero-order valence-electron chi connectivity index (χ0n) is 17.3. The van der Waals surface area contributed by atoms with Gasteiger partial charge in [0.15, 0.2) is 0 Å². The fraction of sp³-hybridized carbons (Fsp3) is 0.364. The van der Waals surface area contributed by atoms with E-state index in [1.54, 1.807) is 16.2 Å². The maximum absolute atomic E-state index is 13.1. The number of hydrogen-bond acceptors (Lipinski definition) is 4. The fourth-order valence-electron chi connectivity index (χ4n) is 3.87. The second kappa shape index (κ2) is 8.37. The van der Waals surface area contributed by atoms with Crippen molar-refractivity contribution in [2.75, 3.05) is 31.1 Å². The molecule has 164 valence electrons. The van der Waals surface area contributed by atoms with Crippen molar-refractivity contribution in [1.29, 1.82) is 0 Å². The number of aromatic nitrogens is 2. The number of carbonyl (C=O) groups is 1. The summed E-state index contributed by atoms with van der Waals surface area (Å²) < 4.78 is 40.4. The number of thiophene rings is 1. The summed E-state index contributed by atoms with van der Waals surface area (Å²) in [6.07, 6.45) is -3.54. The number of amides is 1. The van der Waals surface area contributed by atoms with E-state index in [0.717, 1.165) is 30.2 Å². The maximum Gasteiger partial charge on any atom is 0.417 e. The molecule has 1 amide bonds. The van der Waals surface area contributed by atoms with Crippen LogP contribution in [0.2, 0.25) is 0 Å². The molecule has 9 heteroatoms. The highest BCUT2D eigenvalue weighted by molar-refractivity contribution is 7.09. The van der Waals surface area contributed by atoms with Crippen molar-refractivity contribution in [2.24, 2.45) is 0 Å². The zero-order valence-corrected chi connectivity index (χ0v) is 18.1. The lowest BCUT2D eigenvalue weighted by atomic mass is 10.2. The number of hydrogen-bond donors (Lipinski definition) is 0. The lowest BCUT2D eigenvalue weighted by molar-refractivity contribution is -0.137. The molecule has 4 heterocycles. The SMILES string of the molecule is Cc1cc(C(=O)N2CCN(c3ccc(C(F)(F)F)cn3)CC2)c(C)n1Cc1cccs1. The summed E-state index contributed by atoms with van der Waals surface area (Å²) in [4.78, 5) is 22.0. The van der Waals surface area contributed by atoms with Gasteiger partial charge >= 0.3 is 6.18 Å². The third kappa shape index (κ3) is 4.46. The molecule has 1 aliphatic heterocycles. The number of piperazine rings is 1. The van der Waals surface area contributed by atoms with E-state index in [0.29, 0.717) is 37.6 Å². The Morgan fingerprint density at radius 1 is 1.13 bits per heavy atom. The van der Waals surface area contributed by atoms with Crippen LogP contribution in [0.5, 0.6) is 0 Å². The molecule has 0 radical (unpaired) electrons. The quantitative estimate of drug-likeness (QED) is 0.586. The first-order valence-corrected chi connectivity index (χ1v) is 10.9. The smallest absolute Gasteiger partial charge is 0.353 e. The first-order chi connectivity index (χ1) is 14.7. The van der Waals surface area contributed by atoms with Crippen molar-refractivity contribution in [2.45, 2.75) is 26.6 Å². The molecule has 1 fully saturated rings. The van der Waals surface area contributed by atoms with Crippen LogP contribution >= 0.6 is 11.3 Å². The average Bonchev–Trinajstić information content (AvgIpc) is 3.37. The molecule has 0 saturated carbocycles. The van der Waals surface area contributed by atoms with Gasteiger partial charge in [0, 0.05) is 48.6 Å². The van der Waals surface area contributed by atoms with Crippen LogP contribution in [0.15, 0.2) is 41.9 Å². The van der Waals surface area contributed by atoms with Gasteiger partial charge in [-0.2, -0.15) is 13.2 Å². The first-order valence-electron chi connectivity index (χ1n) is 10.0. The monoisotopic (exact) mass is 448 g/mol. The molecule has 0 spiro atoms. The summed E-state index contributed by atoms with van der Waals surface area (Å²) in [6, 6.07) is 8.47. The van der Waals surface area contributed by atoms with E-state index in [4.69, 9.17) is 0 Å². The van der Waals surface area contributed by atoms with E-state index in [1.807, 2.05) is 36.3 Å². The Kier molecular flexibility index (Phi) is 5.79.